The minimum atomic E-state index is -0.451. The number of carbonyl (C=O) groups excluding carboxylic acids is 2. The van der Waals surface area contributed by atoms with Crippen molar-refractivity contribution in [2.24, 2.45) is 0 Å². The summed E-state index contributed by atoms with van der Waals surface area (Å²) in [5, 5.41) is 3.30. The first-order valence-corrected chi connectivity index (χ1v) is 6.54. The van der Waals surface area contributed by atoms with Crippen molar-refractivity contribution in [2.75, 3.05) is 19.6 Å². The van der Waals surface area contributed by atoms with E-state index in [9.17, 15) is 9.59 Å². The second kappa shape index (κ2) is 4.53. The van der Waals surface area contributed by atoms with Gasteiger partial charge in [-0.15, -0.1) is 0 Å². The third-order valence-corrected chi connectivity index (χ3v) is 3.57. The normalized spacial score (nSPS) is 23.5. The number of nitrogens with one attached hydrogen (secondary N) is 1. The molecule has 2 saturated heterocycles. The third-order valence-electron chi connectivity index (χ3n) is 3.57. The summed E-state index contributed by atoms with van der Waals surface area (Å²) in [6, 6.07) is 0. The maximum Gasteiger partial charge on any atom is 0.410 e. The average molecular weight is 254 g/mol. The van der Waals surface area contributed by atoms with E-state index in [1.165, 1.54) is 0 Å². The van der Waals surface area contributed by atoms with Crippen LogP contribution in [-0.4, -0.2) is 47.6 Å². The zero-order valence-corrected chi connectivity index (χ0v) is 11.4. The van der Waals surface area contributed by atoms with E-state index in [1.807, 2.05) is 20.8 Å². The molecule has 0 saturated carbocycles. The molecular weight excluding hydrogens is 232 g/mol. The van der Waals surface area contributed by atoms with Crippen LogP contribution in [0.4, 0.5) is 4.79 Å². The predicted molar refractivity (Wildman–Crippen MR) is 67.4 cm³/mol. The van der Waals surface area contributed by atoms with Gasteiger partial charge in [0.2, 0.25) is 0 Å². The molecule has 0 aromatic rings. The molecule has 0 unspecified atom stereocenters. The molecule has 18 heavy (non-hydrogen) atoms. The van der Waals surface area contributed by atoms with Gasteiger partial charge >= 0.3 is 6.09 Å². The van der Waals surface area contributed by atoms with E-state index in [1.54, 1.807) is 4.90 Å². The zero-order chi connectivity index (χ0) is 13.4. The molecule has 0 atom stereocenters. The van der Waals surface area contributed by atoms with Crippen LogP contribution in [0.5, 0.6) is 0 Å². The van der Waals surface area contributed by atoms with Crippen LogP contribution in [0.3, 0.4) is 0 Å². The molecule has 1 N–H and O–H groups in total. The lowest BCUT2D eigenvalue weighted by Gasteiger charge is -2.39. The van der Waals surface area contributed by atoms with Gasteiger partial charge in [0, 0.05) is 25.0 Å². The topological polar surface area (TPSA) is 58.6 Å². The van der Waals surface area contributed by atoms with Crippen LogP contribution in [0.2, 0.25) is 0 Å². The van der Waals surface area contributed by atoms with E-state index in [0.717, 1.165) is 12.8 Å². The molecule has 102 valence electrons. The Morgan fingerprint density at radius 1 is 1.33 bits per heavy atom. The number of hydrogen-bond donors (Lipinski definition) is 1. The van der Waals surface area contributed by atoms with Gasteiger partial charge in [-0.1, -0.05) is 0 Å². The van der Waals surface area contributed by atoms with Gasteiger partial charge in [-0.2, -0.15) is 0 Å². The van der Waals surface area contributed by atoms with Gasteiger partial charge in [0.25, 0.3) is 0 Å². The number of piperidine rings is 1. The van der Waals surface area contributed by atoms with Crippen molar-refractivity contribution in [2.45, 2.75) is 51.2 Å². The molecule has 0 aromatic heterocycles. The van der Waals surface area contributed by atoms with Crippen LogP contribution < -0.4 is 5.32 Å². The first-order chi connectivity index (χ1) is 8.30. The average Bonchev–Trinajstić information content (AvgIpc) is 2.58. The summed E-state index contributed by atoms with van der Waals surface area (Å²) < 4.78 is 5.35. The molecule has 2 heterocycles. The summed E-state index contributed by atoms with van der Waals surface area (Å²) in [4.78, 5) is 25.0. The number of likely N-dealkylation sites (tertiary alicyclic amines) is 1. The number of Topliss-reactive ketones (excluding diaryl/α,β-unsaturated/α-hetero) is 1. The number of carbonyl (C=O) groups is 2. The highest BCUT2D eigenvalue weighted by molar-refractivity contribution is 5.84. The highest BCUT2D eigenvalue weighted by Gasteiger charge is 2.41. The quantitative estimate of drug-likeness (QED) is 0.708. The van der Waals surface area contributed by atoms with E-state index < -0.39 is 5.60 Å². The molecule has 5 nitrogen and oxygen atoms in total. The van der Waals surface area contributed by atoms with Gasteiger partial charge < -0.3 is 15.0 Å². The van der Waals surface area contributed by atoms with Crippen LogP contribution in [0.1, 0.15) is 40.0 Å². The minimum Gasteiger partial charge on any atom is -0.444 e. The molecule has 0 radical (unpaired) electrons. The van der Waals surface area contributed by atoms with Crippen molar-refractivity contribution in [3.63, 3.8) is 0 Å². The zero-order valence-electron chi connectivity index (χ0n) is 11.4. The number of amides is 1. The Balaban J connectivity index is 1.87. The van der Waals surface area contributed by atoms with Crippen molar-refractivity contribution in [3.8, 4) is 0 Å². The van der Waals surface area contributed by atoms with Gasteiger partial charge in [0.15, 0.2) is 0 Å². The van der Waals surface area contributed by atoms with Crippen LogP contribution >= 0.6 is 0 Å². The highest BCUT2D eigenvalue weighted by atomic mass is 16.6. The first kappa shape index (κ1) is 13.3. The Morgan fingerprint density at radius 3 is 2.39 bits per heavy atom. The maximum absolute atomic E-state index is 11.9. The number of ketones is 1. The fourth-order valence-corrected chi connectivity index (χ4v) is 2.59. The highest BCUT2D eigenvalue weighted by Crippen LogP contribution is 2.29. The molecule has 2 fully saturated rings. The van der Waals surface area contributed by atoms with E-state index in [2.05, 4.69) is 5.32 Å². The summed E-state index contributed by atoms with van der Waals surface area (Å²) in [5.41, 5.74) is -0.511. The Kier molecular flexibility index (Phi) is 3.36. The van der Waals surface area contributed by atoms with Gasteiger partial charge in [-0.3, -0.25) is 4.79 Å². The fourth-order valence-electron chi connectivity index (χ4n) is 2.59. The summed E-state index contributed by atoms with van der Waals surface area (Å²) in [7, 11) is 0. The monoisotopic (exact) mass is 254 g/mol. The van der Waals surface area contributed by atoms with Gasteiger partial charge in [0.05, 0.1) is 6.54 Å². The smallest absolute Gasteiger partial charge is 0.410 e. The number of nitrogens with zero attached hydrogens (tertiary/aromatic N) is 1. The lowest BCUT2D eigenvalue weighted by Crippen LogP contribution is -2.52. The van der Waals surface area contributed by atoms with Crippen LogP contribution in [0.15, 0.2) is 0 Å². The van der Waals surface area contributed by atoms with Gasteiger partial charge in [-0.25, -0.2) is 4.79 Å². The summed E-state index contributed by atoms with van der Waals surface area (Å²) in [6.07, 6.45) is 2.02. The summed E-state index contributed by atoms with van der Waals surface area (Å²) in [5.74, 6) is 0.278. The van der Waals surface area contributed by atoms with Gasteiger partial charge in [-0.05, 0) is 33.6 Å². The predicted octanol–water partition coefficient (Wildman–Crippen LogP) is 1.32. The first-order valence-electron chi connectivity index (χ1n) is 6.54. The molecule has 0 aliphatic carbocycles. The number of rotatable bonds is 0. The van der Waals surface area contributed by atoms with Crippen LogP contribution in [0.25, 0.3) is 0 Å². The number of hydrogen-bond acceptors (Lipinski definition) is 4. The third kappa shape index (κ3) is 3.02. The Morgan fingerprint density at radius 2 is 1.94 bits per heavy atom. The van der Waals surface area contributed by atoms with Crippen LogP contribution in [-0.2, 0) is 9.53 Å². The van der Waals surface area contributed by atoms with Crippen molar-refractivity contribution in [1.82, 2.24) is 10.2 Å². The van der Waals surface area contributed by atoms with Crippen molar-refractivity contribution in [3.05, 3.63) is 0 Å². The van der Waals surface area contributed by atoms with Crippen molar-refractivity contribution < 1.29 is 14.3 Å². The summed E-state index contributed by atoms with van der Waals surface area (Å²) in [6.45, 7) is 7.41. The lowest BCUT2D eigenvalue weighted by atomic mass is 9.86. The van der Waals surface area contributed by atoms with E-state index in [4.69, 9.17) is 4.74 Å². The molecule has 2 aliphatic rings. The van der Waals surface area contributed by atoms with E-state index in [-0.39, 0.29) is 17.4 Å². The standard InChI is InChI=1S/C13H22N2O3/c1-12(2,3)18-11(17)15-6-4-13(5-7-15)8-10(16)9-14-13/h14H,4-9H2,1-3H3. The molecule has 2 aliphatic heterocycles. The Hall–Kier alpha value is -1.10. The summed E-state index contributed by atoms with van der Waals surface area (Å²) >= 11 is 0. The van der Waals surface area contributed by atoms with E-state index in [0.29, 0.717) is 26.1 Å². The van der Waals surface area contributed by atoms with Crippen molar-refractivity contribution in [1.29, 1.82) is 0 Å². The SMILES string of the molecule is CC(C)(C)OC(=O)N1CCC2(CC1)CC(=O)CN2. The van der Waals surface area contributed by atoms with Crippen molar-refractivity contribution >= 4 is 11.9 Å². The molecule has 1 amide bonds. The molecule has 2 rings (SSSR count). The Bertz CT molecular complexity index is 352. The largest absolute Gasteiger partial charge is 0.444 e. The second-order valence-corrected chi connectivity index (χ2v) is 6.32. The van der Waals surface area contributed by atoms with E-state index >= 15 is 0 Å². The molecule has 5 heteroatoms. The lowest BCUT2D eigenvalue weighted by molar-refractivity contribution is -0.116. The second-order valence-electron chi connectivity index (χ2n) is 6.32. The number of ether oxygens (including phenoxy) is 1. The van der Waals surface area contributed by atoms with Gasteiger partial charge in [0.1, 0.15) is 11.4 Å². The maximum atomic E-state index is 11.9. The fraction of sp³-hybridized carbons (Fsp3) is 0.846. The molecule has 0 aromatic carbocycles. The molecular formula is C13H22N2O3. The Labute approximate surface area is 108 Å². The minimum absolute atomic E-state index is 0.0599. The molecule has 1 spiro atoms. The van der Waals surface area contributed by atoms with Crippen LogP contribution in [0, 0.1) is 0 Å². The molecule has 0 bridgehead atoms.